The second kappa shape index (κ2) is 4.42. The number of rotatable bonds is 3. The normalized spacial score (nSPS) is 11.3. The number of benzene rings is 1. The highest BCUT2D eigenvalue weighted by Gasteiger charge is 2.16. The summed E-state index contributed by atoms with van der Waals surface area (Å²) in [6.07, 6.45) is 2.83. The Morgan fingerprint density at radius 3 is 2.74 bits per heavy atom. The van der Waals surface area contributed by atoms with Crippen LogP contribution in [0.3, 0.4) is 0 Å². The molecule has 0 amide bonds. The summed E-state index contributed by atoms with van der Waals surface area (Å²) < 4.78 is 3.88. The summed E-state index contributed by atoms with van der Waals surface area (Å²) in [6.45, 7) is 3.08. The Hall–Kier alpha value is -2.30. The maximum atomic E-state index is 6.07. The van der Waals surface area contributed by atoms with Crippen LogP contribution < -0.4 is 5.73 Å². The van der Waals surface area contributed by atoms with Crippen LogP contribution in [-0.4, -0.2) is 19.3 Å². The summed E-state index contributed by atoms with van der Waals surface area (Å²) in [5.74, 6) is 1.54. The van der Waals surface area contributed by atoms with Gasteiger partial charge in [0, 0.05) is 13.6 Å². The minimum atomic E-state index is 0.646. The zero-order valence-electron chi connectivity index (χ0n) is 11.2. The van der Waals surface area contributed by atoms with E-state index >= 15 is 0 Å². The summed E-state index contributed by atoms with van der Waals surface area (Å²) in [6, 6.07) is 8.15. The first-order chi connectivity index (χ1) is 9.22. The van der Waals surface area contributed by atoms with Gasteiger partial charge in [-0.1, -0.05) is 19.1 Å². The van der Waals surface area contributed by atoms with Gasteiger partial charge in [-0.2, -0.15) is 5.10 Å². The lowest BCUT2D eigenvalue weighted by atomic mass is 10.3. The predicted molar refractivity (Wildman–Crippen MR) is 76.6 cm³/mol. The van der Waals surface area contributed by atoms with Crippen molar-refractivity contribution in [1.29, 1.82) is 0 Å². The Kier molecular flexibility index (Phi) is 2.74. The molecule has 0 aliphatic rings. The van der Waals surface area contributed by atoms with Crippen LogP contribution in [0.2, 0.25) is 0 Å². The molecule has 0 saturated heterocycles. The molecular weight excluding hydrogens is 238 g/mol. The SMILES string of the molecule is CCCn1c(-c2cnn(C)c2N)nc2ccccc21. The van der Waals surface area contributed by atoms with Crippen molar-refractivity contribution in [2.24, 2.45) is 7.05 Å². The molecule has 1 aromatic carbocycles. The van der Waals surface area contributed by atoms with Crippen molar-refractivity contribution in [3.63, 3.8) is 0 Å². The number of fused-ring (bicyclic) bond motifs is 1. The van der Waals surface area contributed by atoms with E-state index in [1.165, 1.54) is 0 Å². The van der Waals surface area contributed by atoms with Gasteiger partial charge in [-0.3, -0.25) is 4.68 Å². The Bertz CT molecular complexity index is 723. The molecular formula is C14H17N5. The van der Waals surface area contributed by atoms with Crippen LogP contribution in [0.5, 0.6) is 0 Å². The number of hydrogen-bond acceptors (Lipinski definition) is 3. The summed E-state index contributed by atoms with van der Waals surface area (Å²) in [7, 11) is 1.84. The van der Waals surface area contributed by atoms with E-state index in [9.17, 15) is 0 Å². The molecule has 3 aromatic rings. The minimum Gasteiger partial charge on any atom is -0.383 e. The molecule has 0 bridgehead atoms. The van der Waals surface area contributed by atoms with Crippen LogP contribution in [0.4, 0.5) is 5.82 Å². The lowest BCUT2D eigenvalue weighted by Gasteiger charge is -2.07. The standard InChI is InChI=1S/C14H17N5/c1-3-8-19-12-7-5-4-6-11(12)17-14(19)10-9-16-18(2)13(10)15/h4-7,9H,3,8,15H2,1-2H3. The van der Waals surface area contributed by atoms with Gasteiger partial charge in [0.05, 0.1) is 22.8 Å². The number of nitrogen functional groups attached to an aromatic ring is 1. The van der Waals surface area contributed by atoms with Gasteiger partial charge >= 0.3 is 0 Å². The number of nitrogens with zero attached hydrogens (tertiary/aromatic N) is 4. The van der Waals surface area contributed by atoms with Gasteiger partial charge in [0.1, 0.15) is 11.6 Å². The molecule has 5 nitrogen and oxygen atoms in total. The number of aromatic nitrogens is 4. The van der Waals surface area contributed by atoms with Crippen LogP contribution in [0.15, 0.2) is 30.5 Å². The van der Waals surface area contributed by atoms with Crippen LogP contribution in [0.25, 0.3) is 22.4 Å². The average molecular weight is 255 g/mol. The number of imidazole rings is 1. The van der Waals surface area contributed by atoms with Gasteiger partial charge in [0.15, 0.2) is 0 Å². The van der Waals surface area contributed by atoms with Crippen LogP contribution in [-0.2, 0) is 13.6 Å². The van der Waals surface area contributed by atoms with Crippen molar-refractivity contribution in [3.05, 3.63) is 30.5 Å². The monoisotopic (exact) mass is 255 g/mol. The van der Waals surface area contributed by atoms with Crippen molar-refractivity contribution in [2.45, 2.75) is 19.9 Å². The highest BCUT2D eigenvalue weighted by molar-refractivity contribution is 5.82. The molecule has 0 fully saturated rings. The van der Waals surface area contributed by atoms with Crippen molar-refractivity contribution < 1.29 is 0 Å². The highest BCUT2D eigenvalue weighted by Crippen LogP contribution is 2.28. The molecule has 19 heavy (non-hydrogen) atoms. The molecule has 0 radical (unpaired) electrons. The topological polar surface area (TPSA) is 61.7 Å². The van der Waals surface area contributed by atoms with E-state index in [4.69, 9.17) is 10.7 Å². The Balaban J connectivity index is 2.28. The predicted octanol–water partition coefficient (Wildman–Crippen LogP) is 2.43. The van der Waals surface area contributed by atoms with Crippen LogP contribution >= 0.6 is 0 Å². The fourth-order valence-electron chi connectivity index (χ4n) is 2.35. The lowest BCUT2D eigenvalue weighted by Crippen LogP contribution is -2.02. The molecule has 0 unspecified atom stereocenters. The highest BCUT2D eigenvalue weighted by atomic mass is 15.3. The van der Waals surface area contributed by atoms with E-state index in [0.29, 0.717) is 5.82 Å². The molecule has 3 rings (SSSR count). The second-order valence-corrected chi connectivity index (χ2v) is 4.64. The molecule has 0 spiro atoms. The Morgan fingerprint density at radius 1 is 1.26 bits per heavy atom. The number of nitrogens with two attached hydrogens (primary N) is 1. The van der Waals surface area contributed by atoms with Crippen molar-refractivity contribution in [3.8, 4) is 11.4 Å². The zero-order valence-corrected chi connectivity index (χ0v) is 11.2. The van der Waals surface area contributed by atoms with Crippen LogP contribution in [0.1, 0.15) is 13.3 Å². The largest absolute Gasteiger partial charge is 0.383 e. The van der Waals surface area contributed by atoms with E-state index in [0.717, 1.165) is 35.4 Å². The molecule has 2 aromatic heterocycles. The minimum absolute atomic E-state index is 0.646. The fraction of sp³-hybridized carbons (Fsp3) is 0.286. The Morgan fingerprint density at radius 2 is 2.05 bits per heavy atom. The zero-order chi connectivity index (χ0) is 13.4. The first kappa shape index (κ1) is 11.8. The van der Waals surface area contributed by atoms with Gasteiger partial charge in [-0.15, -0.1) is 0 Å². The van der Waals surface area contributed by atoms with Gasteiger partial charge < -0.3 is 10.3 Å². The molecule has 0 atom stereocenters. The molecule has 5 heteroatoms. The molecule has 0 aliphatic heterocycles. The van der Waals surface area contributed by atoms with Crippen molar-refractivity contribution in [2.75, 3.05) is 5.73 Å². The van der Waals surface area contributed by atoms with Gasteiger partial charge in [-0.05, 0) is 18.6 Å². The molecule has 0 aliphatic carbocycles. The van der Waals surface area contributed by atoms with E-state index in [2.05, 4.69) is 22.7 Å². The van der Waals surface area contributed by atoms with E-state index in [-0.39, 0.29) is 0 Å². The van der Waals surface area contributed by atoms with Gasteiger partial charge in [0.25, 0.3) is 0 Å². The first-order valence-corrected chi connectivity index (χ1v) is 6.45. The van der Waals surface area contributed by atoms with E-state index in [1.54, 1.807) is 10.9 Å². The smallest absolute Gasteiger partial charge is 0.146 e. The number of aryl methyl sites for hydroxylation is 2. The maximum Gasteiger partial charge on any atom is 0.146 e. The van der Waals surface area contributed by atoms with Gasteiger partial charge in [-0.25, -0.2) is 4.98 Å². The third-order valence-corrected chi connectivity index (χ3v) is 3.33. The number of hydrogen-bond donors (Lipinski definition) is 1. The fourth-order valence-corrected chi connectivity index (χ4v) is 2.35. The lowest BCUT2D eigenvalue weighted by molar-refractivity contribution is 0.704. The summed E-state index contributed by atoms with van der Waals surface area (Å²) >= 11 is 0. The number of anilines is 1. The average Bonchev–Trinajstić information content (AvgIpc) is 2.93. The molecule has 0 saturated carbocycles. The van der Waals surface area contributed by atoms with Crippen LogP contribution in [0, 0.1) is 0 Å². The van der Waals surface area contributed by atoms with Crippen molar-refractivity contribution >= 4 is 16.9 Å². The quantitative estimate of drug-likeness (QED) is 0.781. The van der Waals surface area contributed by atoms with Gasteiger partial charge in [0.2, 0.25) is 0 Å². The third-order valence-electron chi connectivity index (χ3n) is 3.33. The molecule has 2 heterocycles. The first-order valence-electron chi connectivity index (χ1n) is 6.45. The molecule has 98 valence electrons. The Labute approximate surface area is 111 Å². The third kappa shape index (κ3) is 1.78. The molecule has 2 N–H and O–H groups in total. The van der Waals surface area contributed by atoms with E-state index < -0.39 is 0 Å². The van der Waals surface area contributed by atoms with E-state index in [1.807, 2.05) is 25.2 Å². The van der Waals surface area contributed by atoms with Crippen molar-refractivity contribution in [1.82, 2.24) is 19.3 Å². The summed E-state index contributed by atoms with van der Waals surface area (Å²) in [4.78, 5) is 4.71. The summed E-state index contributed by atoms with van der Waals surface area (Å²) in [5, 5.41) is 4.20. The maximum absolute atomic E-state index is 6.07. The summed E-state index contributed by atoms with van der Waals surface area (Å²) in [5.41, 5.74) is 9.10. The second-order valence-electron chi connectivity index (χ2n) is 4.64. The number of para-hydroxylation sites is 2.